The van der Waals surface area contributed by atoms with Gasteiger partial charge < -0.3 is 5.32 Å². The van der Waals surface area contributed by atoms with Gasteiger partial charge in [0, 0.05) is 18.1 Å². The molecule has 1 aliphatic heterocycles. The van der Waals surface area contributed by atoms with Crippen LogP contribution in [0, 0.1) is 0 Å². The highest BCUT2D eigenvalue weighted by Gasteiger charge is 2.27. The second-order valence-corrected chi connectivity index (χ2v) is 5.31. The minimum Gasteiger partial charge on any atom is -0.340 e. The molecule has 0 spiro atoms. The lowest BCUT2D eigenvalue weighted by atomic mass is 10.2. The molecule has 20 heavy (non-hydrogen) atoms. The summed E-state index contributed by atoms with van der Waals surface area (Å²) in [5, 5.41) is 14.5. The Bertz CT molecular complexity index is 626. The van der Waals surface area contributed by atoms with E-state index in [9.17, 15) is 9.59 Å². The first-order valence-corrected chi connectivity index (χ1v) is 7.04. The highest BCUT2D eigenvalue weighted by Crippen LogP contribution is 2.19. The van der Waals surface area contributed by atoms with Crippen LogP contribution in [0.15, 0.2) is 30.6 Å². The third-order valence-electron chi connectivity index (χ3n) is 2.86. The standard InChI is InChI=1S/C12H11N5O2S/c18-11(14-9-4-7-20-12(9)19)8-2-3-10(16-15-8)17-6-1-5-13-17/h1-3,5-6,9H,4,7H2,(H,14,18)/t9-/m0/s1. The van der Waals surface area contributed by atoms with Gasteiger partial charge in [0.2, 0.25) is 5.12 Å². The minimum atomic E-state index is -0.417. The summed E-state index contributed by atoms with van der Waals surface area (Å²) in [5.41, 5.74) is 0.186. The molecule has 1 aliphatic rings. The second kappa shape index (κ2) is 5.41. The molecule has 0 bridgehead atoms. The van der Waals surface area contributed by atoms with Crippen molar-refractivity contribution >= 4 is 22.8 Å². The number of carbonyl (C=O) groups is 2. The number of hydrogen-bond acceptors (Lipinski definition) is 6. The molecule has 1 atom stereocenters. The number of rotatable bonds is 3. The molecule has 0 radical (unpaired) electrons. The van der Waals surface area contributed by atoms with Crippen molar-refractivity contribution < 1.29 is 9.59 Å². The molecule has 1 N–H and O–H groups in total. The van der Waals surface area contributed by atoms with E-state index in [0.717, 1.165) is 5.75 Å². The van der Waals surface area contributed by atoms with Crippen LogP contribution in [0.1, 0.15) is 16.9 Å². The lowest BCUT2D eigenvalue weighted by molar-refractivity contribution is -0.112. The van der Waals surface area contributed by atoms with Gasteiger partial charge in [-0.1, -0.05) is 11.8 Å². The van der Waals surface area contributed by atoms with Gasteiger partial charge in [0.1, 0.15) is 0 Å². The minimum absolute atomic E-state index is 0.000490. The van der Waals surface area contributed by atoms with E-state index in [4.69, 9.17) is 0 Å². The monoisotopic (exact) mass is 289 g/mol. The van der Waals surface area contributed by atoms with Crippen molar-refractivity contribution in [1.29, 1.82) is 0 Å². The molecule has 2 aromatic heterocycles. The zero-order chi connectivity index (χ0) is 13.9. The maximum absolute atomic E-state index is 11.9. The van der Waals surface area contributed by atoms with Crippen LogP contribution in [-0.4, -0.2) is 42.8 Å². The first-order valence-electron chi connectivity index (χ1n) is 6.05. The van der Waals surface area contributed by atoms with E-state index in [-0.39, 0.29) is 16.7 Å². The number of thioether (sulfide) groups is 1. The summed E-state index contributed by atoms with van der Waals surface area (Å²) in [7, 11) is 0. The Hall–Kier alpha value is -2.22. The van der Waals surface area contributed by atoms with Gasteiger partial charge in [-0.05, 0) is 24.6 Å². The predicted molar refractivity (Wildman–Crippen MR) is 72.5 cm³/mol. The van der Waals surface area contributed by atoms with Gasteiger partial charge in [-0.2, -0.15) is 5.10 Å². The third-order valence-corrected chi connectivity index (χ3v) is 3.87. The topological polar surface area (TPSA) is 89.8 Å². The van der Waals surface area contributed by atoms with Crippen molar-refractivity contribution in [3.63, 3.8) is 0 Å². The van der Waals surface area contributed by atoms with Crippen molar-refractivity contribution in [2.24, 2.45) is 0 Å². The number of aromatic nitrogens is 4. The van der Waals surface area contributed by atoms with E-state index in [1.807, 2.05) is 0 Å². The van der Waals surface area contributed by atoms with Gasteiger partial charge in [-0.15, -0.1) is 10.2 Å². The molecule has 1 saturated heterocycles. The Morgan fingerprint density at radius 2 is 2.30 bits per heavy atom. The fraction of sp³-hybridized carbons (Fsp3) is 0.250. The molecule has 1 fully saturated rings. The van der Waals surface area contributed by atoms with Gasteiger partial charge in [-0.25, -0.2) is 4.68 Å². The molecular weight excluding hydrogens is 278 g/mol. The Labute approximate surface area is 118 Å². The van der Waals surface area contributed by atoms with Crippen molar-refractivity contribution in [1.82, 2.24) is 25.3 Å². The molecule has 3 heterocycles. The molecule has 0 aromatic carbocycles. The average molecular weight is 289 g/mol. The number of hydrogen-bond donors (Lipinski definition) is 1. The first kappa shape index (κ1) is 12.8. The largest absolute Gasteiger partial charge is 0.340 e. The van der Waals surface area contributed by atoms with Crippen LogP contribution in [0.3, 0.4) is 0 Å². The van der Waals surface area contributed by atoms with Crippen LogP contribution in [0.25, 0.3) is 5.82 Å². The summed E-state index contributed by atoms with van der Waals surface area (Å²) in [6, 6.07) is 4.57. The van der Waals surface area contributed by atoms with Crippen molar-refractivity contribution in [2.75, 3.05) is 5.75 Å². The van der Waals surface area contributed by atoms with E-state index in [1.165, 1.54) is 11.8 Å². The summed E-state index contributed by atoms with van der Waals surface area (Å²) in [5.74, 6) is 0.887. The highest BCUT2D eigenvalue weighted by atomic mass is 32.2. The quantitative estimate of drug-likeness (QED) is 0.881. The van der Waals surface area contributed by atoms with E-state index in [0.29, 0.717) is 12.2 Å². The van der Waals surface area contributed by atoms with Gasteiger partial charge >= 0.3 is 0 Å². The van der Waals surface area contributed by atoms with Crippen molar-refractivity contribution in [3.8, 4) is 5.82 Å². The Morgan fingerprint density at radius 1 is 1.40 bits per heavy atom. The summed E-state index contributed by atoms with van der Waals surface area (Å²) in [6.07, 6.45) is 4.03. The average Bonchev–Trinajstić information content (AvgIpc) is 3.12. The SMILES string of the molecule is O=C(N[C@H]1CCSC1=O)c1ccc(-n2cccn2)nn1. The van der Waals surface area contributed by atoms with E-state index in [1.54, 1.807) is 35.3 Å². The molecule has 1 amide bonds. The molecular formula is C12H11N5O2S. The van der Waals surface area contributed by atoms with Gasteiger partial charge in [-0.3, -0.25) is 9.59 Å². The lowest BCUT2D eigenvalue weighted by Gasteiger charge is -2.09. The Kier molecular flexibility index (Phi) is 3.46. The molecule has 3 rings (SSSR count). The third kappa shape index (κ3) is 2.55. The summed E-state index contributed by atoms with van der Waals surface area (Å²) in [6.45, 7) is 0. The second-order valence-electron chi connectivity index (χ2n) is 4.21. The summed E-state index contributed by atoms with van der Waals surface area (Å²) >= 11 is 1.24. The zero-order valence-electron chi connectivity index (χ0n) is 10.4. The summed E-state index contributed by atoms with van der Waals surface area (Å²) < 4.78 is 1.55. The van der Waals surface area contributed by atoms with Crippen LogP contribution >= 0.6 is 11.8 Å². The van der Waals surface area contributed by atoms with E-state index in [2.05, 4.69) is 20.6 Å². The maximum atomic E-state index is 11.9. The van der Waals surface area contributed by atoms with E-state index >= 15 is 0 Å². The van der Waals surface area contributed by atoms with Crippen LogP contribution in [-0.2, 0) is 4.79 Å². The van der Waals surface area contributed by atoms with Crippen LogP contribution in [0.2, 0.25) is 0 Å². The molecule has 102 valence electrons. The Balaban J connectivity index is 1.71. The van der Waals surface area contributed by atoms with Gasteiger partial charge in [0.05, 0.1) is 6.04 Å². The van der Waals surface area contributed by atoms with E-state index < -0.39 is 6.04 Å². The fourth-order valence-electron chi connectivity index (χ4n) is 1.83. The first-order chi connectivity index (χ1) is 9.74. The maximum Gasteiger partial charge on any atom is 0.272 e. The molecule has 0 unspecified atom stereocenters. The van der Waals surface area contributed by atoms with Gasteiger partial charge in [0.15, 0.2) is 11.5 Å². The number of nitrogens with zero attached hydrogens (tertiary/aromatic N) is 4. The molecule has 0 aliphatic carbocycles. The number of carbonyl (C=O) groups excluding carboxylic acids is 2. The van der Waals surface area contributed by atoms with Crippen molar-refractivity contribution in [3.05, 3.63) is 36.3 Å². The zero-order valence-corrected chi connectivity index (χ0v) is 11.2. The molecule has 2 aromatic rings. The predicted octanol–water partition coefficient (Wildman–Crippen LogP) is 0.424. The Morgan fingerprint density at radius 3 is 2.90 bits per heavy atom. The van der Waals surface area contributed by atoms with Crippen LogP contribution in [0.4, 0.5) is 0 Å². The van der Waals surface area contributed by atoms with Crippen molar-refractivity contribution in [2.45, 2.75) is 12.5 Å². The number of amides is 1. The molecule has 8 heteroatoms. The normalized spacial score (nSPS) is 18.2. The molecule has 0 saturated carbocycles. The lowest BCUT2D eigenvalue weighted by Crippen LogP contribution is -2.37. The van der Waals surface area contributed by atoms with Gasteiger partial charge in [0.25, 0.3) is 5.91 Å². The summed E-state index contributed by atoms with van der Waals surface area (Å²) in [4.78, 5) is 23.4. The van der Waals surface area contributed by atoms with Crippen LogP contribution < -0.4 is 5.32 Å². The fourth-order valence-corrected chi connectivity index (χ4v) is 2.76. The number of nitrogens with one attached hydrogen (secondary N) is 1. The van der Waals surface area contributed by atoms with Crippen LogP contribution in [0.5, 0.6) is 0 Å². The molecule has 7 nitrogen and oxygen atoms in total. The smallest absolute Gasteiger partial charge is 0.272 e. The highest BCUT2D eigenvalue weighted by molar-refractivity contribution is 8.14.